The predicted molar refractivity (Wildman–Crippen MR) is 106 cm³/mol. The summed E-state index contributed by atoms with van der Waals surface area (Å²) in [7, 11) is 3.09. The maximum Gasteiger partial charge on any atom is 0.317 e. The molecule has 3 rings (SSSR count). The van der Waals surface area contributed by atoms with Gasteiger partial charge in [-0.15, -0.1) is 0 Å². The van der Waals surface area contributed by atoms with E-state index in [0.717, 1.165) is 11.1 Å². The first kappa shape index (κ1) is 20.6. The molecule has 1 aliphatic rings. The SMILES string of the molecule is CCOC(=O)[C@@H]1C(=O)C=C(c2cc(OC)cc(OC)c2)C[C@H]1c1cccc(F)c1. The number of carbonyl (C=O) groups excluding carboxylic acids is 2. The van der Waals surface area contributed by atoms with Crippen LogP contribution in [0.15, 0.2) is 48.5 Å². The molecular formula is C23H23FO5. The highest BCUT2D eigenvalue weighted by molar-refractivity contribution is 6.10. The van der Waals surface area contributed by atoms with Gasteiger partial charge in [-0.2, -0.15) is 0 Å². The maximum atomic E-state index is 13.9. The lowest BCUT2D eigenvalue weighted by atomic mass is 9.73. The van der Waals surface area contributed by atoms with Gasteiger partial charge in [-0.1, -0.05) is 12.1 Å². The van der Waals surface area contributed by atoms with Gasteiger partial charge in [-0.05, 0) is 60.4 Å². The Labute approximate surface area is 169 Å². The largest absolute Gasteiger partial charge is 0.497 e. The smallest absolute Gasteiger partial charge is 0.317 e. The van der Waals surface area contributed by atoms with Crippen LogP contribution in [-0.2, 0) is 14.3 Å². The average molecular weight is 398 g/mol. The van der Waals surface area contributed by atoms with Crippen LogP contribution in [-0.4, -0.2) is 32.6 Å². The van der Waals surface area contributed by atoms with Crippen LogP contribution in [0.5, 0.6) is 11.5 Å². The molecule has 2 aromatic carbocycles. The molecule has 0 amide bonds. The lowest BCUT2D eigenvalue weighted by Crippen LogP contribution is -2.34. The molecule has 152 valence electrons. The molecular weight excluding hydrogens is 375 g/mol. The third-order valence-electron chi connectivity index (χ3n) is 5.00. The van der Waals surface area contributed by atoms with Gasteiger partial charge in [0.15, 0.2) is 5.78 Å². The number of hydrogen-bond donors (Lipinski definition) is 0. The van der Waals surface area contributed by atoms with Crippen LogP contribution in [0.3, 0.4) is 0 Å². The first-order chi connectivity index (χ1) is 14.0. The van der Waals surface area contributed by atoms with Crippen molar-refractivity contribution in [1.82, 2.24) is 0 Å². The lowest BCUT2D eigenvalue weighted by molar-refractivity contribution is -0.151. The topological polar surface area (TPSA) is 61.8 Å². The van der Waals surface area contributed by atoms with Crippen molar-refractivity contribution in [3.8, 4) is 11.5 Å². The van der Waals surface area contributed by atoms with Crippen LogP contribution in [0.4, 0.5) is 4.39 Å². The van der Waals surface area contributed by atoms with Crippen LogP contribution in [0, 0.1) is 11.7 Å². The Morgan fingerprint density at radius 3 is 2.38 bits per heavy atom. The monoisotopic (exact) mass is 398 g/mol. The van der Waals surface area contributed by atoms with E-state index in [2.05, 4.69) is 0 Å². The van der Waals surface area contributed by atoms with Crippen LogP contribution >= 0.6 is 0 Å². The van der Waals surface area contributed by atoms with Gasteiger partial charge in [0.05, 0.1) is 20.8 Å². The fourth-order valence-corrected chi connectivity index (χ4v) is 3.63. The number of ether oxygens (including phenoxy) is 3. The second-order valence-electron chi connectivity index (χ2n) is 6.77. The number of methoxy groups -OCH3 is 2. The molecule has 5 nitrogen and oxygen atoms in total. The molecule has 6 heteroatoms. The number of carbonyl (C=O) groups is 2. The van der Waals surface area contributed by atoms with Crippen molar-refractivity contribution in [1.29, 1.82) is 0 Å². The first-order valence-electron chi connectivity index (χ1n) is 9.36. The van der Waals surface area contributed by atoms with Gasteiger partial charge in [0.2, 0.25) is 0 Å². The van der Waals surface area contributed by atoms with Gasteiger partial charge in [0, 0.05) is 12.0 Å². The van der Waals surface area contributed by atoms with E-state index in [9.17, 15) is 14.0 Å². The standard InChI is InChI=1S/C23H23FO5/c1-4-29-23(26)22-20(14-6-5-7-17(24)8-14)11-16(12-21(22)25)15-9-18(27-2)13-19(10-15)28-3/h5-10,12-13,20,22H,4,11H2,1-3H3/t20-,22-/m0/s1. The first-order valence-corrected chi connectivity index (χ1v) is 9.36. The molecule has 0 spiro atoms. The molecule has 0 aliphatic heterocycles. The van der Waals surface area contributed by atoms with Crippen molar-refractivity contribution in [2.24, 2.45) is 5.92 Å². The Morgan fingerprint density at radius 2 is 1.79 bits per heavy atom. The summed E-state index contributed by atoms with van der Waals surface area (Å²) < 4.78 is 29.6. The third-order valence-corrected chi connectivity index (χ3v) is 5.00. The summed E-state index contributed by atoms with van der Waals surface area (Å²) in [4.78, 5) is 25.5. The minimum absolute atomic E-state index is 0.169. The average Bonchev–Trinajstić information content (AvgIpc) is 2.72. The zero-order valence-electron chi connectivity index (χ0n) is 16.6. The zero-order valence-corrected chi connectivity index (χ0v) is 16.6. The molecule has 2 atom stereocenters. The summed E-state index contributed by atoms with van der Waals surface area (Å²) in [5.74, 6) is -1.74. The van der Waals surface area contributed by atoms with Crippen molar-refractivity contribution in [3.05, 3.63) is 65.5 Å². The van der Waals surface area contributed by atoms with Gasteiger partial charge >= 0.3 is 5.97 Å². The summed E-state index contributed by atoms with van der Waals surface area (Å²) in [6.45, 7) is 1.86. The van der Waals surface area contributed by atoms with Crippen molar-refractivity contribution < 1.29 is 28.2 Å². The molecule has 0 heterocycles. The predicted octanol–water partition coefficient (Wildman–Crippen LogP) is 4.16. The molecule has 0 bridgehead atoms. The molecule has 0 radical (unpaired) electrons. The Kier molecular flexibility index (Phi) is 6.32. The summed E-state index contributed by atoms with van der Waals surface area (Å²) in [6.07, 6.45) is 1.83. The van der Waals surface area contributed by atoms with Crippen molar-refractivity contribution >= 4 is 17.3 Å². The van der Waals surface area contributed by atoms with Gasteiger partial charge in [0.1, 0.15) is 23.2 Å². The van der Waals surface area contributed by atoms with E-state index < -0.39 is 23.6 Å². The van der Waals surface area contributed by atoms with E-state index in [4.69, 9.17) is 14.2 Å². The number of benzene rings is 2. The molecule has 0 saturated carbocycles. The highest BCUT2D eigenvalue weighted by Gasteiger charge is 2.40. The highest BCUT2D eigenvalue weighted by atomic mass is 19.1. The molecule has 0 unspecified atom stereocenters. The van der Waals surface area contributed by atoms with Crippen LogP contribution in [0.25, 0.3) is 5.57 Å². The second-order valence-corrected chi connectivity index (χ2v) is 6.77. The fraction of sp³-hybridized carbons (Fsp3) is 0.304. The van der Waals surface area contributed by atoms with Crippen molar-refractivity contribution in [2.75, 3.05) is 20.8 Å². The lowest BCUT2D eigenvalue weighted by Gasteiger charge is -2.29. The molecule has 29 heavy (non-hydrogen) atoms. The van der Waals surface area contributed by atoms with E-state index in [1.54, 1.807) is 51.5 Å². The van der Waals surface area contributed by atoms with Gasteiger partial charge in [-0.25, -0.2) is 4.39 Å². The summed E-state index contributed by atoms with van der Waals surface area (Å²) >= 11 is 0. The van der Waals surface area contributed by atoms with E-state index in [-0.39, 0.29) is 12.4 Å². The third kappa shape index (κ3) is 4.47. The zero-order chi connectivity index (χ0) is 21.0. The molecule has 0 fully saturated rings. The van der Waals surface area contributed by atoms with Crippen molar-refractivity contribution in [3.63, 3.8) is 0 Å². The number of allylic oxidation sites excluding steroid dienone is 2. The van der Waals surface area contributed by atoms with Gasteiger partial charge in [0.25, 0.3) is 0 Å². The Balaban J connectivity index is 2.07. The quantitative estimate of drug-likeness (QED) is 0.540. The van der Waals surface area contributed by atoms with Crippen LogP contribution < -0.4 is 9.47 Å². The minimum atomic E-state index is -1.01. The molecule has 0 aromatic heterocycles. The van der Waals surface area contributed by atoms with Crippen LogP contribution in [0.2, 0.25) is 0 Å². The Morgan fingerprint density at radius 1 is 1.10 bits per heavy atom. The van der Waals surface area contributed by atoms with Crippen molar-refractivity contribution in [2.45, 2.75) is 19.3 Å². The summed E-state index contributed by atoms with van der Waals surface area (Å²) in [6, 6.07) is 11.3. The minimum Gasteiger partial charge on any atom is -0.497 e. The normalized spacial score (nSPS) is 18.8. The number of hydrogen-bond acceptors (Lipinski definition) is 5. The number of ketones is 1. The molecule has 2 aromatic rings. The summed E-state index contributed by atoms with van der Waals surface area (Å²) in [5, 5.41) is 0. The number of halogens is 1. The Hall–Kier alpha value is -3.15. The van der Waals surface area contributed by atoms with Crippen LogP contribution in [0.1, 0.15) is 30.4 Å². The maximum absolute atomic E-state index is 13.9. The Bertz CT molecular complexity index is 928. The highest BCUT2D eigenvalue weighted by Crippen LogP contribution is 2.41. The van der Waals surface area contributed by atoms with E-state index in [1.807, 2.05) is 0 Å². The van der Waals surface area contributed by atoms with E-state index >= 15 is 0 Å². The van der Waals surface area contributed by atoms with E-state index in [1.165, 1.54) is 18.2 Å². The summed E-state index contributed by atoms with van der Waals surface area (Å²) in [5.41, 5.74) is 2.05. The molecule has 1 aliphatic carbocycles. The number of rotatable bonds is 6. The fourth-order valence-electron chi connectivity index (χ4n) is 3.63. The second kappa shape index (κ2) is 8.90. The van der Waals surface area contributed by atoms with Gasteiger partial charge < -0.3 is 14.2 Å². The van der Waals surface area contributed by atoms with Gasteiger partial charge in [-0.3, -0.25) is 9.59 Å². The van der Waals surface area contributed by atoms with E-state index in [0.29, 0.717) is 23.5 Å². The molecule has 0 saturated heterocycles. The molecule has 0 N–H and O–H groups in total. The number of esters is 1.